The van der Waals surface area contributed by atoms with E-state index in [-0.39, 0.29) is 18.0 Å². The quantitative estimate of drug-likeness (QED) is 0.862. The van der Waals surface area contributed by atoms with Gasteiger partial charge in [-0.25, -0.2) is 4.39 Å². The molecule has 4 heteroatoms. The van der Waals surface area contributed by atoms with Gasteiger partial charge < -0.3 is 10.5 Å². The highest BCUT2D eigenvalue weighted by atomic mass is 79.9. The molecule has 0 aliphatic heterocycles. The molecule has 1 saturated carbocycles. The molecule has 0 radical (unpaired) electrons. The number of ether oxygens (including phenoxy) is 1. The van der Waals surface area contributed by atoms with Gasteiger partial charge in [-0.2, -0.15) is 0 Å². The lowest BCUT2D eigenvalue weighted by Gasteiger charge is -2.22. The molecule has 2 nitrogen and oxygen atoms in total. The first kappa shape index (κ1) is 14.0. The smallest absolute Gasteiger partial charge is 0.123 e. The summed E-state index contributed by atoms with van der Waals surface area (Å²) in [6.07, 6.45) is 5.72. The van der Waals surface area contributed by atoms with E-state index in [9.17, 15) is 4.39 Å². The maximum Gasteiger partial charge on any atom is 0.123 e. The largest absolute Gasteiger partial charge is 0.372 e. The third-order valence-corrected chi connectivity index (χ3v) is 4.24. The molecule has 2 unspecified atom stereocenters. The summed E-state index contributed by atoms with van der Waals surface area (Å²) in [6, 6.07) is 4.76. The number of rotatable bonds is 3. The minimum atomic E-state index is -0.234. The van der Waals surface area contributed by atoms with Crippen molar-refractivity contribution in [3.05, 3.63) is 34.1 Å². The SMILES string of the molecule is NC1CCCCCC1OCc1cc(F)ccc1Br. The highest BCUT2D eigenvalue weighted by Crippen LogP contribution is 2.23. The summed E-state index contributed by atoms with van der Waals surface area (Å²) < 4.78 is 19.9. The number of benzene rings is 1. The summed E-state index contributed by atoms with van der Waals surface area (Å²) >= 11 is 3.41. The van der Waals surface area contributed by atoms with E-state index in [1.165, 1.54) is 31.4 Å². The van der Waals surface area contributed by atoms with Crippen LogP contribution in [0.1, 0.15) is 37.7 Å². The zero-order valence-electron chi connectivity index (χ0n) is 10.4. The summed E-state index contributed by atoms with van der Waals surface area (Å²) in [5.74, 6) is -0.234. The van der Waals surface area contributed by atoms with E-state index in [1.807, 2.05) is 0 Å². The van der Waals surface area contributed by atoms with E-state index in [0.717, 1.165) is 22.9 Å². The van der Waals surface area contributed by atoms with Gasteiger partial charge in [0.2, 0.25) is 0 Å². The van der Waals surface area contributed by atoms with Crippen LogP contribution in [0, 0.1) is 5.82 Å². The lowest BCUT2D eigenvalue weighted by Crippen LogP contribution is -2.35. The number of halogens is 2. The van der Waals surface area contributed by atoms with Crippen LogP contribution < -0.4 is 5.73 Å². The van der Waals surface area contributed by atoms with Gasteiger partial charge in [0.1, 0.15) is 5.82 Å². The van der Waals surface area contributed by atoms with Gasteiger partial charge in [-0.05, 0) is 36.6 Å². The van der Waals surface area contributed by atoms with Crippen molar-refractivity contribution in [1.29, 1.82) is 0 Å². The Kier molecular flexibility index (Phi) is 5.15. The Morgan fingerprint density at radius 1 is 1.28 bits per heavy atom. The van der Waals surface area contributed by atoms with Crippen molar-refractivity contribution in [2.45, 2.75) is 50.9 Å². The first-order valence-electron chi connectivity index (χ1n) is 6.48. The van der Waals surface area contributed by atoms with Gasteiger partial charge in [-0.15, -0.1) is 0 Å². The van der Waals surface area contributed by atoms with Crippen molar-refractivity contribution < 1.29 is 9.13 Å². The van der Waals surface area contributed by atoms with E-state index in [1.54, 1.807) is 6.07 Å². The number of hydrogen-bond donors (Lipinski definition) is 1. The second-order valence-corrected chi connectivity index (χ2v) is 5.74. The monoisotopic (exact) mass is 315 g/mol. The highest BCUT2D eigenvalue weighted by molar-refractivity contribution is 9.10. The van der Waals surface area contributed by atoms with Gasteiger partial charge in [0.25, 0.3) is 0 Å². The third kappa shape index (κ3) is 3.77. The zero-order chi connectivity index (χ0) is 13.0. The topological polar surface area (TPSA) is 35.2 Å². The van der Waals surface area contributed by atoms with Crippen molar-refractivity contribution in [2.24, 2.45) is 5.73 Å². The number of nitrogens with two attached hydrogens (primary N) is 1. The summed E-state index contributed by atoms with van der Waals surface area (Å²) in [5.41, 5.74) is 6.94. The molecule has 0 amide bonds. The van der Waals surface area contributed by atoms with Gasteiger partial charge in [0.05, 0.1) is 12.7 Å². The fourth-order valence-corrected chi connectivity index (χ4v) is 2.72. The maximum atomic E-state index is 13.2. The van der Waals surface area contributed by atoms with Crippen LogP contribution in [0.4, 0.5) is 4.39 Å². The predicted molar refractivity (Wildman–Crippen MR) is 73.7 cm³/mol. The summed E-state index contributed by atoms with van der Waals surface area (Å²) in [4.78, 5) is 0. The fraction of sp³-hybridized carbons (Fsp3) is 0.571. The first-order chi connectivity index (χ1) is 8.66. The van der Waals surface area contributed by atoms with Crippen LogP contribution in [-0.2, 0) is 11.3 Å². The van der Waals surface area contributed by atoms with E-state index in [4.69, 9.17) is 10.5 Å². The Morgan fingerprint density at radius 2 is 2.06 bits per heavy atom. The fourth-order valence-electron chi connectivity index (χ4n) is 2.36. The Balaban J connectivity index is 1.95. The minimum Gasteiger partial charge on any atom is -0.372 e. The summed E-state index contributed by atoms with van der Waals surface area (Å²) in [6.45, 7) is 0.413. The van der Waals surface area contributed by atoms with Crippen LogP contribution in [0.3, 0.4) is 0 Å². The lowest BCUT2D eigenvalue weighted by molar-refractivity contribution is 0.0191. The van der Waals surface area contributed by atoms with Crippen molar-refractivity contribution >= 4 is 15.9 Å². The van der Waals surface area contributed by atoms with Crippen molar-refractivity contribution in [3.63, 3.8) is 0 Å². The average molecular weight is 316 g/mol. The standard InChI is InChI=1S/C14H19BrFNO/c15-12-7-6-11(16)8-10(12)9-18-14-5-3-1-2-4-13(14)17/h6-8,13-14H,1-5,9,17H2. The van der Waals surface area contributed by atoms with Crippen molar-refractivity contribution in [1.82, 2.24) is 0 Å². The Bertz CT molecular complexity index is 399. The average Bonchev–Trinajstić information content (AvgIpc) is 2.55. The molecule has 2 rings (SSSR count). The van der Waals surface area contributed by atoms with Crippen LogP contribution in [0.2, 0.25) is 0 Å². The minimum absolute atomic E-state index is 0.0997. The van der Waals surface area contributed by atoms with Crippen molar-refractivity contribution in [3.8, 4) is 0 Å². The molecule has 2 N–H and O–H groups in total. The van der Waals surface area contributed by atoms with Crippen LogP contribution in [0.5, 0.6) is 0 Å². The molecular weight excluding hydrogens is 297 g/mol. The zero-order valence-corrected chi connectivity index (χ0v) is 12.0. The van der Waals surface area contributed by atoms with Gasteiger partial charge >= 0.3 is 0 Å². The molecule has 1 fully saturated rings. The Hall–Kier alpha value is -0.450. The molecule has 0 heterocycles. The Labute approximate surface area is 116 Å². The van der Waals surface area contributed by atoms with Crippen molar-refractivity contribution in [2.75, 3.05) is 0 Å². The molecule has 100 valence electrons. The molecule has 1 aliphatic rings. The molecule has 18 heavy (non-hydrogen) atoms. The van der Waals surface area contributed by atoms with Crippen LogP contribution in [-0.4, -0.2) is 12.1 Å². The predicted octanol–water partition coefficient (Wildman–Crippen LogP) is 3.76. The van der Waals surface area contributed by atoms with E-state index >= 15 is 0 Å². The normalized spacial score (nSPS) is 24.8. The molecular formula is C14H19BrFNO. The van der Waals surface area contributed by atoms with E-state index < -0.39 is 0 Å². The van der Waals surface area contributed by atoms with Gasteiger partial charge in [-0.1, -0.05) is 35.2 Å². The maximum absolute atomic E-state index is 13.2. The molecule has 0 saturated heterocycles. The summed E-state index contributed by atoms with van der Waals surface area (Å²) in [5, 5.41) is 0. The Morgan fingerprint density at radius 3 is 2.89 bits per heavy atom. The molecule has 0 bridgehead atoms. The van der Waals surface area contributed by atoms with Gasteiger partial charge in [-0.3, -0.25) is 0 Å². The number of hydrogen-bond acceptors (Lipinski definition) is 2. The second kappa shape index (κ2) is 6.64. The van der Waals surface area contributed by atoms with Gasteiger partial charge in [0, 0.05) is 10.5 Å². The molecule has 2 atom stereocenters. The molecule has 1 aliphatic carbocycles. The van der Waals surface area contributed by atoms with Crippen LogP contribution >= 0.6 is 15.9 Å². The molecule has 1 aromatic carbocycles. The molecule has 1 aromatic rings. The molecule has 0 spiro atoms. The van der Waals surface area contributed by atoms with E-state index in [2.05, 4.69) is 15.9 Å². The highest BCUT2D eigenvalue weighted by Gasteiger charge is 2.21. The van der Waals surface area contributed by atoms with Crippen LogP contribution in [0.15, 0.2) is 22.7 Å². The third-order valence-electron chi connectivity index (χ3n) is 3.46. The van der Waals surface area contributed by atoms with Gasteiger partial charge in [0.15, 0.2) is 0 Å². The lowest BCUT2D eigenvalue weighted by atomic mass is 10.1. The van der Waals surface area contributed by atoms with Crippen LogP contribution in [0.25, 0.3) is 0 Å². The molecule has 0 aromatic heterocycles. The van der Waals surface area contributed by atoms with E-state index in [0.29, 0.717) is 6.61 Å². The summed E-state index contributed by atoms with van der Waals surface area (Å²) in [7, 11) is 0. The second-order valence-electron chi connectivity index (χ2n) is 4.89. The first-order valence-corrected chi connectivity index (χ1v) is 7.27.